The number of anilines is 1. The number of nitrogens with two attached hydrogens (primary N) is 1. The molecule has 2 heterocycles. The third-order valence-corrected chi connectivity index (χ3v) is 5.07. The molecule has 3 nitrogen and oxygen atoms in total. The van der Waals surface area contributed by atoms with Crippen molar-refractivity contribution in [1.82, 2.24) is 4.98 Å². The minimum atomic E-state index is 0.336. The number of thiazole rings is 1. The quantitative estimate of drug-likeness (QED) is 0.858. The average Bonchev–Trinajstić information content (AvgIpc) is 2.83. The average molecular weight is 261 g/mol. The van der Waals surface area contributed by atoms with Crippen LogP contribution in [0.2, 0.25) is 0 Å². The molecule has 1 aromatic carbocycles. The van der Waals surface area contributed by atoms with Crippen molar-refractivity contribution in [2.45, 2.75) is 32.4 Å². The van der Waals surface area contributed by atoms with Crippen LogP contribution in [0.4, 0.5) is 5.69 Å². The predicted molar refractivity (Wildman–Crippen MR) is 78.2 cm³/mol. The zero-order valence-corrected chi connectivity index (χ0v) is 11.7. The van der Waals surface area contributed by atoms with Crippen molar-refractivity contribution < 1.29 is 0 Å². The van der Waals surface area contributed by atoms with Crippen molar-refractivity contribution in [3.63, 3.8) is 0 Å². The smallest absolute Gasteiger partial charge is 0.0813 e. The molecule has 3 atom stereocenters. The Morgan fingerprint density at radius 1 is 1.39 bits per heavy atom. The van der Waals surface area contributed by atoms with Gasteiger partial charge in [0, 0.05) is 24.3 Å². The lowest BCUT2D eigenvalue weighted by atomic mass is 9.87. The summed E-state index contributed by atoms with van der Waals surface area (Å²) in [7, 11) is 0. The van der Waals surface area contributed by atoms with Crippen LogP contribution in [0.5, 0.6) is 0 Å². The van der Waals surface area contributed by atoms with Crippen LogP contribution in [0, 0.1) is 5.92 Å². The van der Waals surface area contributed by atoms with Crippen molar-refractivity contribution in [3.05, 3.63) is 23.7 Å². The van der Waals surface area contributed by atoms with E-state index in [0.29, 0.717) is 18.0 Å². The molecule has 96 valence electrons. The molecule has 0 spiro atoms. The maximum atomic E-state index is 6.15. The number of aromatic nitrogens is 1. The van der Waals surface area contributed by atoms with Gasteiger partial charge in [0.05, 0.1) is 15.7 Å². The molecule has 0 amide bonds. The van der Waals surface area contributed by atoms with Gasteiger partial charge in [-0.3, -0.25) is 0 Å². The molecule has 1 fully saturated rings. The molecule has 3 rings (SSSR count). The Kier molecular flexibility index (Phi) is 2.99. The number of rotatable bonds is 1. The van der Waals surface area contributed by atoms with Gasteiger partial charge in [-0.25, -0.2) is 4.98 Å². The van der Waals surface area contributed by atoms with Crippen LogP contribution < -0.4 is 10.6 Å². The van der Waals surface area contributed by atoms with Crippen LogP contribution in [-0.2, 0) is 0 Å². The van der Waals surface area contributed by atoms with Crippen LogP contribution in [0.1, 0.15) is 20.3 Å². The summed E-state index contributed by atoms with van der Waals surface area (Å²) < 4.78 is 1.27. The van der Waals surface area contributed by atoms with Crippen molar-refractivity contribution in [3.8, 4) is 0 Å². The summed E-state index contributed by atoms with van der Waals surface area (Å²) in [6.07, 6.45) is 1.08. The van der Waals surface area contributed by atoms with E-state index in [2.05, 4.69) is 41.9 Å². The Labute approximate surface area is 112 Å². The van der Waals surface area contributed by atoms with Gasteiger partial charge in [-0.15, -0.1) is 11.3 Å². The molecule has 1 aromatic heterocycles. The highest BCUT2D eigenvalue weighted by Crippen LogP contribution is 2.30. The monoisotopic (exact) mass is 261 g/mol. The van der Waals surface area contributed by atoms with Gasteiger partial charge in [0.25, 0.3) is 0 Å². The normalized spacial score (nSPS) is 28.8. The van der Waals surface area contributed by atoms with Gasteiger partial charge in [0.1, 0.15) is 0 Å². The third-order valence-electron chi connectivity index (χ3n) is 4.28. The second-order valence-corrected chi connectivity index (χ2v) is 6.14. The number of benzene rings is 1. The lowest BCUT2D eigenvalue weighted by molar-refractivity contribution is 0.316. The van der Waals surface area contributed by atoms with Gasteiger partial charge in [0.2, 0.25) is 0 Å². The van der Waals surface area contributed by atoms with Gasteiger partial charge in [-0.05, 0) is 37.5 Å². The van der Waals surface area contributed by atoms with E-state index >= 15 is 0 Å². The van der Waals surface area contributed by atoms with Crippen LogP contribution in [0.3, 0.4) is 0 Å². The molecular weight excluding hydrogens is 242 g/mol. The lowest BCUT2D eigenvalue weighted by Crippen LogP contribution is -2.51. The molecule has 1 aliphatic rings. The molecule has 4 heteroatoms. The molecule has 1 saturated heterocycles. The summed E-state index contributed by atoms with van der Waals surface area (Å²) in [5.74, 6) is 0.538. The van der Waals surface area contributed by atoms with Crippen LogP contribution in [0.25, 0.3) is 10.2 Å². The lowest BCUT2D eigenvalue weighted by Gasteiger charge is -2.42. The Bertz CT molecular complexity index is 551. The highest BCUT2D eigenvalue weighted by Gasteiger charge is 2.30. The van der Waals surface area contributed by atoms with Gasteiger partial charge in [-0.1, -0.05) is 6.92 Å². The second kappa shape index (κ2) is 4.52. The molecule has 0 radical (unpaired) electrons. The number of hydrogen-bond donors (Lipinski definition) is 1. The first-order valence-electron chi connectivity index (χ1n) is 6.52. The van der Waals surface area contributed by atoms with E-state index in [1.807, 2.05) is 5.51 Å². The van der Waals surface area contributed by atoms with Crippen molar-refractivity contribution in [2.75, 3.05) is 11.4 Å². The third kappa shape index (κ3) is 1.89. The van der Waals surface area contributed by atoms with E-state index in [1.54, 1.807) is 11.3 Å². The Balaban J connectivity index is 1.93. The number of nitrogens with zero attached hydrogens (tertiary/aromatic N) is 2. The van der Waals surface area contributed by atoms with Crippen LogP contribution >= 0.6 is 11.3 Å². The maximum Gasteiger partial charge on any atom is 0.0813 e. The topological polar surface area (TPSA) is 42.1 Å². The van der Waals surface area contributed by atoms with Crippen LogP contribution in [-0.4, -0.2) is 23.6 Å². The van der Waals surface area contributed by atoms with Crippen molar-refractivity contribution >= 4 is 27.2 Å². The van der Waals surface area contributed by atoms with E-state index in [4.69, 9.17) is 5.73 Å². The van der Waals surface area contributed by atoms with Gasteiger partial charge < -0.3 is 10.6 Å². The second-order valence-electron chi connectivity index (χ2n) is 5.25. The molecular formula is C14H19N3S. The van der Waals surface area contributed by atoms with Crippen LogP contribution in [0.15, 0.2) is 23.7 Å². The fourth-order valence-corrected chi connectivity index (χ4v) is 3.49. The first-order valence-corrected chi connectivity index (χ1v) is 7.40. The summed E-state index contributed by atoms with van der Waals surface area (Å²) in [6.45, 7) is 5.59. The Morgan fingerprint density at radius 2 is 2.22 bits per heavy atom. The summed E-state index contributed by atoms with van der Waals surface area (Å²) in [5.41, 5.74) is 10.5. The minimum absolute atomic E-state index is 0.336. The molecule has 3 unspecified atom stereocenters. The zero-order chi connectivity index (χ0) is 12.7. The summed E-state index contributed by atoms with van der Waals surface area (Å²) in [4.78, 5) is 6.81. The highest BCUT2D eigenvalue weighted by molar-refractivity contribution is 7.16. The SMILES string of the molecule is CC1C(N)CCN(c2ccc3ncsc3c2)C1C. The van der Waals surface area contributed by atoms with Gasteiger partial charge in [-0.2, -0.15) is 0 Å². The number of fused-ring (bicyclic) bond motifs is 1. The summed E-state index contributed by atoms with van der Waals surface area (Å²) in [6, 6.07) is 7.39. The number of piperidine rings is 1. The first-order chi connectivity index (χ1) is 8.66. The minimum Gasteiger partial charge on any atom is -0.368 e. The first kappa shape index (κ1) is 11.9. The van der Waals surface area contributed by atoms with Gasteiger partial charge in [0.15, 0.2) is 0 Å². The van der Waals surface area contributed by atoms with Gasteiger partial charge >= 0.3 is 0 Å². The fourth-order valence-electron chi connectivity index (χ4n) is 2.78. The fraction of sp³-hybridized carbons (Fsp3) is 0.500. The molecule has 0 bridgehead atoms. The maximum absolute atomic E-state index is 6.15. The van der Waals surface area contributed by atoms with E-state index in [9.17, 15) is 0 Å². The predicted octanol–water partition coefficient (Wildman–Crippen LogP) is 2.86. The van der Waals surface area contributed by atoms with E-state index in [0.717, 1.165) is 18.5 Å². The largest absolute Gasteiger partial charge is 0.368 e. The molecule has 2 N–H and O–H groups in total. The molecule has 18 heavy (non-hydrogen) atoms. The standard InChI is InChI=1S/C14H19N3S/c1-9-10(2)17(6-5-12(9)15)11-3-4-13-14(7-11)18-8-16-13/h3-4,7-10,12H,5-6,15H2,1-2H3. The Hall–Kier alpha value is -1.13. The Morgan fingerprint density at radius 3 is 3.06 bits per heavy atom. The molecule has 0 saturated carbocycles. The summed E-state index contributed by atoms with van der Waals surface area (Å²) >= 11 is 1.71. The van der Waals surface area contributed by atoms with E-state index in [1.165, 1.54) is 10.4 Å². The van der Waals surface area contributed by atoms with Crippen molar-refractivity contribution in [1.29, 1.82) is 0 Å². The zero-order valence-electron chi connectivity index (χ0n) is 10.8. The van der Waals surface area contributed by atoms with Crippen molar-refractivity contribution in [2.24, 2.45) is 11.7 Å². The summed E-state index contributed by atoms with van der Waals surface area (Å²) in [5, 5.41) is 0. The van der Waals surface area contributed by atoms with E-state index in [-0.39, 0.29) is 0 Å². The van der Waals surface area contributed by atoms with E-state index < -0.39 is 0 Å². The molecule has 1 aliphatic heterocycles. The molecule has 0 aliphatic carbocycles. The number of hydrogen-bond acceptors (Lipinski definition) is 4. The molecule has 2 aromatic rings. The highest BCUT2D eigenvalue weighted by atomic mass is 32.1.